The largest absolute Gasteiger partial charge is 0.496 e. The summed E-state index contributed by atoms with van der Waals surface area (Å²) in [6.45, 7) is 10.3. The van der Waals surface area contributed by atoms with Gasteiger partial charge in [0.25, 0.3) is 0 Å². The van der Waals surface area contributed by atoms with Gasteiger partial charge in [0.15, 0.2) is 0 Å². The van der Waals surface area contributed by atoms with Gasteiger partial charge >= 0.3 is 0 Å². The summed E-state index contributed by atoms with van der Waals surface area (Å²) in [7, 11) is 3.79. The average molecular weight is 247 g/mol. The summed E-state index contributed by atoms with van der Waals surface area (Å²) in [5, 5.41) is 3.32. The molecule has 0 bridgehead atoms. The molecule has 100 valence electrons. The lowest BCUT2D eigenvalue weighted by atomic mass is 9.88. The number of benzene rings is 1. The number of ether oxygens (including phenoxy) is 1. The summed E-state index contributed by atoms with van der Waals surface area (Å²) in [5.41, 5.74) is 3.18. The number of hydrogen-bond acceptors (Lipinski definition) is 2. The van der Waals surface area contributed by atoms with E-state index < -0.39 is 0 Å². The average Bonchev–Trinajstić information content (AvgIpc) is 2.76. The third-order valence-corrected chi connectivity index (χ3v) is 5.15. The van der Waals surface area contributed by atoms with E-state index in [0.29, 0.717) is 11.3 Å². The highest BCUT2D eigenvalue weighted by Gasteiger charge is 2.68. The van der Waals surface area contributed by atoms with Crippen LogP contribution in [0.4, 0.5) is 0 Å². The lowest BCUT2D eigenvalue weighted by molar-refractivity contribution is 0.398. The molecule has 0 aliphatic heterocycles. The maximum Gasteiger partial charge on any atom is 0.122 e. The van der Waals surface area contributed by atoms with Gasteiger partial charge in [-0.25, -0.2) is 0 Å². The number of aryl methyl sites for hydroxylation is 1. The van der Waals surface area contributed by atoms with Crippen LogP contribution >= 0.6 is 0 Å². The van der Waals surface area contributed by atoms with Gasteiger partial charge in [-0.15, -0.1) is 0 Å². The summed E-state index contributed by atoms with van der Waals surface area (Å²) in [4.78, 5) is 0. The molecule has 1 aliphatic rings. The molecule has 0 radical (unpaired) electrons. The highest BCUT2D eigenvalue weighted by molar-refractivity contribution is 5.49. The second-order valence-corrected chi connectivity index (χ2v) is 6.24. The number of nitrogens with one attached hydrogen (secondary N) is 1. The Bertz CT molecular complexity index is 452. The molecule has 1 N–H and O–H groups in total. The fourth-order valence-corrected chi connectivity index (χ4v) is 3.53. The minimum Gasteiger partial charge on any atom is -0.496 e. The Morgan fingerprint density at radius 1 is 1.28 bits per heavy atom. The predicted molar refractivity (Wildman–Crippen MR) is 76.3 cm³/mol. The van der Waals surface area contributed by atoms with Crippen LogP contribution in [0.15, 0.2) is 18.2 Å². The van der Waals surface area contributed by atoms with Crippen LogP contribution in [0.2, 0.25) is 0 Å². The summed E-state index contributed by atoms with van der Waals surface area (Å²) < 4.78 is 5.57. The maximum atomic E-state index is 5.57. The van der Waals surface area contributed by atoms with Crippen molar-refractivity contribution in [3.05, 3.63) is 29.3 Å². The van der Waals surface area contributed by atoms with Gasteiger partial charge in [-0.3, -0.25) is 0 Å². The molecule has 1 fully saturated rings. The van der Waals surface area contributed by atoms with Crippen molar-refractivity contribution >= 4 is 0 Å². The standard InChI is InChI=1S/C16H25NO/c1-11-7-8-13(18-6)12(9-11)16(4)14(10-17-5)15(16,2)3/h7-9,14,17H,10H2,1-6H3. The molecular weight excluding hydrogens is 222 g/mol. The van der Waals surface area contributed by atoms with Crippen LogP contribution in [0.1, 0.15) is 31.9 Å². The third-order valence-electron chi connectivity index (χ3n) is 5.15. The molecule has 0 heterocycles. The summed E-state index contributed by atoms with van der Waals surface area (Å²) in [6, 6.07) is 6.51. The highest BCUT2D eigenvalue weighted by Crippen LogP contribution is 2.70. The molecule has 1 aromatic carbocycles. The van der Waals surface area contributed by atoms with Gasteiger partial charge in [-0.05, 0) is 37.9 Å². The van der Waals surface area contributed by atoms with E-state index in [2.05, 4.69) is 51.2 Å². The Hall–Kier alpha value is -1.02. The van der Waals surface area contributed by atoms with Crippen LogP contribution in [0, 0.1) is 18.3 Å². The van der Waals surface area contributed by atoms with Crippen LogP contribution in [0.5, 0.6) is 5.75 Å². The van der Waals surface area contributed by atoms with E-state index in [9.17, 15) is 0 Å². The zero-order chi connectivity index (χ0) is 13.6. The molecule has 2 atom stereocenters. The fourth-order valence-electron chi connectivity index (χ4n) is 3.53. The summed E-state index contributed by atoms with van der Waals surface area (Å²) in [6.07, 6.45) is 0. The molecular formula is C16H25NO. The quantitative estimate of drug-likeness (QED) is 0.882. The number of rotatable bonds is 4. The first kappa shape index (κ1) is 13.4. The molecule has 1 aliphatic carbocycles. The zero-order valence-corrected chi connectivity index (χ0v) is 12.4. The molecule has 18 heavy (non-hydrogen) atoms. The van der Waals surface area contributed by atoms with Crippen molar-refractivity contribution in [3.8, 4) is 5.75 Å². The van der Waals surface area contributed by atoms with Gasteiger partial charge in [-0.1, -0.05) is 38.5 Å². The molecule has 1 saturated carbocycles. The van der Waals surface area contributed by atoms with Crippen LogP contribution in [-0.2, 0) is 5.41 Å². The lowest BCUT2D eigenvalue weighted by Gasteiger charge is -2.19. The fraction of sp³-hybridized carbons (Fsp3) is 0.625. The Morgan fingerprint density at radius 2 is 1.94 bits per heavy atom. The Morgan fingerprint density at radius 3 is 2.50 bits per heavy atom. The van der Waals surface area contributed by atoms with Gasteiger partial charge in [0.1, 0.15) is 5.75 Å². The smallest absolute Gasteiger partial charge is 0.122 e. The Labute approximate surface area is 111 Å². The first-order valence-electron chi connectivity index (χ1n) is 6.69. The molecule has 2 heteroatoms. The van der Waals surface area contributed by atoms with Crippen molar-refractivity contribution in [1.82, 2.24) is 5.32 Å². The molecule has 2 unspecified atom stereocenters. The van der Waals surface area contributed by atoms with Gasteiger partial charge in [0.05, 0.1) is 7.11 Å². The van der Waals surface area contributed by atoms with E-state index in [1.807, 2.05) is 7.05 Å². The zero-order valence-electron chi connectivity index (χ0n) is 12.4. The minimum absolute atomic E-state index is 0.202. The van der Waals surface area contributed by atoms with E-state index in [4.69, 9.17) is 4.74 Å². The van der Waals surface area contributed by atoms with Crippen molar-refractivity contribution in [2.45, 2.75) is 33.1 Å². The van der Waals surface area contributed by atoms with Gasteiger partial charge in [0.2, 0.25) is 0 Å². The molecule has 0 saturated heterocycles. The van der Waals surface area contributed by atoms with Gasteiger partial charge in [0, 0.05) is 11.0 Å². The normalized spacial score (nSPS) is 29.1. The minimum atomic E-state index is 0.202. The lowest BCUT2D eigenvalue weighted by Crippen LogP contribution is -2.16. The van der Waals surface area contributed by atoms with E-state index in [0.717, 1.165) is 12.3 Å². The summed E-state index contributed by atoms with van der Waals surface area (Å²) in [5.74, 6) is 1.68. The second-order valence-electron chi connectivity index (χ2n) is 6.24. The van der Waals surface area contributed by atoms with Crippen molar-refractivity contribution in [2.24, 2.45) is 11.3 Å². The van der Waals surface area contributed by atoms with E-state index in [1.54, 1.807) is 7.11 Å². The maximum absolute atomic E-state index is 5.57. The topological polar surface area (TPSA) is 21.3 Å². The summed E-state index contributed by atoms with van der Waals surface area (Å²) >= 11 is 0. The first-order valence-corrected chi connectivity index (χ1v) is 6.69. The Balaban J connectivity index is 2.46. The van der Waals surface area contributed by atoms with E-state index >= 15 is 0 Å². The number of methoxy groups -OCH3 is 1. The third kappa shape index (κ3) is 1.66. The monoisotopic (exact) mass is 247 g/mol. The van der Waals surface area contributed by atoms with E-state index in [1.165, 1.54) is 11.1 Å². The van der Waals surface area contributed by atoms with E-state index in [-0.39, 0.29) is 5.41 Å². The van der Waals surface area contributed by atoms with Gasteiger partial charge in [-0.2, -0.15) is 0 Å². The second kappa shape index (κ2) is 4.27. The van der Waals surface area contributed by atoms with Crippen molar-refractivity contribution < 1.29 is 4.74 Å². The first-order chi connectivity index (χ1) is 8.39. The SMILES string of the molecule is CNCC1C(C)(C)C1(C)c1cc(C)ccc1OC. The van der Waals surface area contributed by atoms with Gasteiger partial charge < -0.3 is 10.1 Å². The number of hydrogen-bond donors (Lipinski definition) is 1. The Kier molecular flexibility index (Phi) is 3.18. The van der Waals surface area contributed by atoms with Crippen LogP contribution in [0.25, 0.3) is 0 Å². The van der Waals surface area contributed by atoms with Crippen LogP contribution in [0.3, 0.4) is 0 Å². The molecule has 0 aromatic heterocycles. The van der Waals surface area contributed by atoms with Crippen molar-refractivity contribution in [1.29, 1.82) is 0 Å². The molecule has 2 rings (SSSR count). The predicted octanol–water partition coefficient (Wildman–Crippen LogP) is 3.14. The van der Waals surface area contributed by atoms with Crippen LogP contribution in [-0.4, -0.2) is 20.7 Å². The van der Waals surface area contributed by atoms with Crippen molar-refractivity contribution in [3.63, 3.8) is 0 Å². The van der Waals surface area contributed by atoms with Crippen molar-refractivity contribution in [2.75, 3.05) is 20.7 Å². The molecule has 1 aromatic rings. The highest BCUT2D eigenvalue weighted by atomic mass is 16.5. The molecule has 2 nitrogen and oxygen atoms in total. The molecule has 0 spiro atoms. The molecule has 0 amide bonds. The van der Waals surface area contributed by atoms with Crippen LogP contribution < -0.4 is 10.1 Å².